The first-order valence-electron chi connectivity index (χ1n) is 6.20. The highest BCUT2D eigenvalue weighted by Gasteiger charge is 2.28. The quantitative estimate of drug-likeness (QED) is 0.921. The van der Waals surface area contributed by atoms with Crippen LogP contribution in [0.5, 0.6) is 5.88 Å². The average molecular weight is 284 g/mol. The number of hydrogen-bond donors (Lipinski definition) is 1. The summed E-state index contributed by atoms with van der Waals surface area (Å²) in [5.74, 6) is -0.00378. The molecule has 0 aliphatic carbocycles. The summed E-state index contributed by atoms with van der Waals surface area (Å²) in [4.78, 5) is 3.86. The van der Waals surface area contributed by atoms with E-state index in [0.717, 1.165) is 11.1 Å². The van der Waals surface area contributed by atoms with Gasteiger partial charge in [0.1, 0.15) is 0 Å². The second-order valence-corrected chi connectivity index (χ2v) is 4.75. The summed E-state index contributed by atoms with van der Waals surface area (Å²) in [7, 11) is 0. The van der Waals surface area contributed by atoms with Crippen molar-refractivity contribution in [2.24, 2.45) is 0 Å². The van der Waals surface area contributed by atoms with Gasteiger partial charge in [-0.1, -0.05) is 0 Å². The molecule has 0 fully saturated rings. The molecule has 20 heavy (non-hydrogen) atoms. The van der Waals surface area contributed by atoms with Crippen LogP contribution in [0.3, 0.4) is 0 Å². The number of benzene rings is 1. The van der Waals surface area contributed by atoms with Crippen LogP contribution in [0.2, 0.25) is 0 Å². The van der Waals surface area contributed by atoms with Crippen molar-refractivity contribution < 1.29 is 17.9 Å². The Bertz CT molecular complexity index is 596. The Morgan fingerprint density at radius 2 is 2.00 bits per heavy atom. The Balaban J connectivity index is 2.28. The highest BCUT2D eigenvalue weighted by atomic mass is 19.4. The van der Waals surface area contributed by atoms with Gasteiger partial charge in [0.15, 0.2) is 6.61 Å². The molecule has 0 spiro atoms. The van der Waals surface area contributed by atoms with E-state index in [0.29, 0.717) is 5.39 Å². The Morgan fingerprint density at radius 1 is 1.25 bits per heavy atom. The number of halogens is 3. The van der Waals surface area contributed by atoms with Crippen LogP contribution in [0.25, 0.3) is 10.8 Å². The zero-order valence-corrected chi connectivity index (χ0v) is 11.2. The molecule has 1 N–H and O–H groups in total. The molecule has 0 atom stereocenters. The van der Waals surface area contributed by atoms with Crippen molar-refractivity contribution in [2.45, 2.75) is 26.1 Å². The number of pyridine rings is 1. The van der Waals surface area contributed by atoms with Crippen LogP contribution < -0.4 is 10.1 Å². The SMILES string of the molecule is CC(C)Nc1ccc2c(OCC(F)(F)F)nccc2c1. The minimum atomic E-state index is -4.37. The predicted molar refractivity (Wildman–Crippen MR) is 72.1 cm³/mol. The molecule has 6 heteroatoms. The van der Waals surface area contributed by atoms with Crippen LogP contribution >= 0.6 is 0 Å². The Hall–Kier alpha value is -1.98. The van der Waals surface area contributed by atoms with Gasteiger partial charge in [0.2, 0.25) is 5.88 Å². The van der Waals surface area contributed by atoms with Gasteiger partial charge in [-0.25, -0.2) is 4.98 Å². The van der Waals surface area contributed by atoms with Gasteiger partial charge in [-0.2, -0.15) is 13.2 Å². The molecule has 1 aromatic heterocycles. The molecular weight excluding hydrogens is 269 g/mol. The van der Waals surface area contributed by atoms with E-state index >= 15 is 0 Å². The first kappa shape index (κ1) is 14.4. The third kappa shape index (κ3) is 3.76. The maximum atomic E-state index is 12.2. The molecular formula is C14H15F3N2O. The first-order valence-corrected chi connectivity index (χ1v) is 6.20. The van der Waals surface area contributed by atoms with Crippen molar-refractivity contribution >= 4 is 16.5 Å². The van der Waals surface area contributed by atoms with Crippen molar-refractivity contribution in [3.05, 3.63) is 30.5 Å². The molecule has 0 amide bonds. The summed E-state index contributed by atoms with van der Waals surface area (Å²) in [6.45, 7) is 2.67. The monoisotopic (exact) mass is 284 g/mol. The van der Waals surface area contributed by atoms with Gasteiger partial charge in [0, 0.05) is 23.3 Å². The number of fused-ring (bicyclic) bond motifs is 1. The normalized spacial score (nSPS) is 11.9. The number of ether oxygens (including phenoxy) is 1. The highest BCUT2D eigenvalue weighted by Crippen LogP contribution is 2.27. The maximum absolute atomic E-state index is 12.2. The largest absolute Gasteiger partial charge is 0.468 e. The van der Waals surface area contributed by atoms with Crippen LogP contribution in [-0.2, 0) is 0 Å². The molecule has 0 aliphatic heterocycles. The van der Waals surface area contributed by atoms with E-state index in [9.17, 15) is 13.2 Å². The number of nitrogens with one attached hydrogen (secondary N) is 1. The van der Waals surface area contributed by atoms with Gasteiger partial charge in [0.25, 0.3) is 0 Å². The van der Waals surface area contributed by atoms with E-state index < -0.39 is 12.8 Å². The average Bonchev–Trinajstić information content (AvgIpc) is 2.34. The molecule has 2 aromatic rings. The Morgan fingerprint density at radius 3 is 2.65 bits per heavy atom. The second-order valence-electron chi connectivity index (χ2n) is 4.75. The van der Waals surface area contributed by atoms with Crippen molar-refractivity contribution in [1.29, 1.82) is 0 Å². The van der Waals surface area contributed by atoms with Gasteiger partial charge in [-0.05, 0) is 43.5 Å². The molecule has 0 saturated heterocycles. The van der Waals surface area contributed by atoms with E-state index in [1.165, 1.54) is 6.20 Å². The van der Waals surface area contributed by atoms with Gasteiger partial charge in [-0.3, -0.25) is 0 Å². The summed E-state index contributed by atoms with van der Waals surface area (Å²) in [5.41, 5.74) is 0.903. The molecule has 0 saturated carbocycles. The van der Waals surface area contributed by atoms with Crippen LogP contribution in [0.15, 0.2) is 30.5 Å². The van der Waals surface area contributed by atoms with E-state index in [1.54, 1.807) is 18.2 Å². The molecule has 0 bridgehead atoms. The number of rotatable bonds is 4. The third-order valence-corrected chi connectivity index (χ3v) is 2.56. The Kier molecular flexibility index (Phi) is 4.01. The topological polar surface area (TPSA) is 34.1 Å². The van der Waals surface area contributed by atoms with Crippen molar-refractivity contribution in [1.82, 2.24) is 4.98 Å². The van der Waals surface area contributed by atoms with Crippen LogP contribution in [0.1, 0.15) is 13.8 Å². The molecule has 108 valence electrons. The minimum Gasteiger partial charge on any atom is -0.468 e. The molecule has 1 heterocycles. The number of aromatic nitrogens is 1. The predicted octanol–water partition coefficient (Wildman–Crippen LogP) is 4.00. The lowest BCUT2D eigenvalue weighted by Crippen LogP contribution is -2.19. The van der Waals surface area contributed by atoms with Crippen LogP contribution in [0, 0.1) is 0 Å². The van der Waals surface area contributed by atoms with E-state index in [4.69, 9.17) is 4.74 Å². The highest BCUT2D eigenvalue weighted by molar-refractivity contribution is 5.89. The fraction of sp³-hybridized carbons (Fsp3) is 0.357. The lowest BCUT2D eigenvalue weighted by Gasteiger charge is -2.13. The zero-order chi connectivity index (χ0) is 14.8. The molecule has 0 unspecified atom stereocenters. The lowest BCUT2D eigenvalue weighted by molar-refractivity contribution is -0.153. The summed E-state index contributed by atoms with van der Waals surface area (Å²) in [6.07, 6.45) is -2.93. The van der Waals surface area contributed by atoms with Crippen LogP contribution in [0.4, 0.5) is 18.9 Å². The lowest BCUT2D eigenvalue weighted by atomic mass is 10.1. The van der Waals surface area contributed by atoms with E-state index in [2.05, 4.69) is 10.3 Å². The third-order valence-electron chi connectivity index (χ3n) is 2.56. The molecule has 0 radical (unpaired) electrons. The number of nitrogens with zero attached hydrogens (tertiary/aromatic N) is 1. The summed E-state index contributed by atoms with van der Waals surface area (Å²) < 4.78 is 41.3. The number of alkyl halides is 3. The molecule has 2 rings (SSSR count). The van der Waals surface area contributed by atoms with Crippen LogP contribution in [-0.4, -0.2) is 23.8 Å². The van der Waals surface area contributed by atoms with Crippen molar-refractivity contribution in [3.8, 4) is 5.88 Å². The fourth-order valence-electron chi connectivity index (χ4n) is 1.84. The summed E-state index contributed by atoms with van der Waals surface area (Å²) >= 11 is 0. The smallest absolute Gasteiger partial charge is 0.422 e. The van der Waals surface area contributed by atoms with E-state index in [1.807, 2.05) is 19.9 Å². The zero-order valence-electron chi connectivity index (χ0n) is 11.2. The second kappa shape index (κ2) is 5.56. The molecule has 0 aliphatic rings. The van der Waals surface area contributed by atoms with Gasteiger partial charge in [-0.15, -0.1) is 0 Å². The minimum absolute atomic E-state index is 0.00378. The standard InChI is InChI=1S/C14H15F3N2O/c1-9(2)19-11-3-4-12-10(7-11)5-6-18-13(12)20-8-14(15,16)17/h3-7,9,19H,8H2,1-2H3. The Labute approximate surface area is 114 Å². The number of anilines is 1. The fourth-order valence-corrected chi connectivity index (χ4v) is 1.84. The summed E-state index contributed by atoms with van der Waals surface area (Å²) in [6, 6.07) is 7.37. The van der Waals surface area contributed by atoms with Crippen molar-refractivity contribution in [2.75, 3.05) is 11.9 Å². The van der Waals surface area contributed by atoms with Gasteiger partial charge < -0.3 is 10.1 Å². The van der Waals surface area contributed by atoms with Gasteiger partial charge in [0.05, 0.1) is 0 Å². The van der Waals surface area contributed by atoms with Crippen molar-refractivity contribution in [3.63, 3.8) is 0 Å². The summed E-state index contributed by atoms with van der Waals surface area (Å²) in [5, 5.41) is 4.57. The molecule has 3 nitrogen and oxygen atoms in total. The number of hydrogen-bond acceptors (Lipinski definition) is 3. The van der Waals surface area contributed by atoms with Gasteiger partial charge >= 0.3 is 6.18 Å². The first-order chi connectivity index (χ1) is 9.35. The van der Waals surface area contributed by atoms with E-state index in [-0.39, 0.29) is 11.9 Å². The maximum Gasteiger partial charge on any atom is 0.422 e. The molecule has 1 aromatic carbocycles.